The third-order valence-corrected chi connectivity index (χ3v) is 4.74. The number of amides is 3. The quantitative estimate of drug-likeness (QED) is 0.279. The van der Waals surface area contributed by atoms with Crippen LogP contribution in [0.1, 0.15) is 19.3 Å². The van der Waals surface area contributed by atoms with Crippen LogP contribution < -0.4 is 16.4 Å². The maximum Gasteiger partial charge on any atom is 0.328 e. The second-order valence-corrected chi connectivity index (χ2v) is 6.86. The molecule has 3 atom stereocenters. The number of carbonyl (C=O) groups is 4. The number of aliphatic carboxylic acids is 1. The van der Waals surface area contributed by atoms with E-state index in [1.54, 1.807) is 0 Å². The minimum absolute atomic E-state index is 0.197. The molecule has 1 fully saturated rings. The number of carboxylic acids is 1. The van der Waals surface area contributed by atoms with Gasteiger partial charge in [-0.2, -0.15) is 11.8 Å². The van der Waals surface area contributed by atoms with Crippen LogP contribution in [-0.2, 0) is 19.2 Å². The molecule has 0 saturated carbocycles. The molecule has 3 unspecified atom stereocenters. The zero-order chi connectivity index (χ0) is 19.7. The van der Waals surface area contributed by atoms with Gasteiger partial charge in [0.05, 0.1) is 13.2 Å². The Morgan fingerprint density at radius 2 is 1.96 bits per heavy atom. The topological polar surface area (TPSA) is 162 Å². The SMILES string of the molecule is CSCCC(NC(=O)C1CCCN1C(=O)CN)C(=O)NC(CO)C(=O)O. The summed E-state index contributed by atoms with van der Waals surface area (Å²) in [7, 11) is 0. The van der Waals surface area contributed by atoms with Crippen molar-refractivity contribution in [2.75, 3.05) is 31.7 Å². The van der Waals surface area contributed by atoms with Crippen LogP contribution in [0.4, 0.5) is 0 Å². The van der Waals surface area contributed by atoms with Crippen LogP contribution in [0.25, 0.3) is 0 Å². The molecule has 0 radical (unpaired) electrons. The van der Waals surface area contributed by atoms with E-state index in [0.717, 1.165) is 0 Å². The number of nitrogens with two attached hydrogens (primary N) is 1. The van der Waals surface area contributed by atoms with Crippen LogP contribution in [0.2, 0.25) is 0 Å². The lowest BCUT2D eigenvalue weighted by molar-refractivity contribution is -0.143. The zero-order valence-electron chi connectivity index (χ0n) is 14.6. The van der Waals surface area contributed by atoms with Crippen molar-refractivity contribution < 1.29 is 29.4 Å². The zero-order valence-corrected chi connectivity index (χ0v) is 15.5. The molecule has 0 aromatic carbocycles. The van der Waals surface area contributed by atoms with Crippen molar-refractivity contribution in [3.63, 3.8) is 0 Å². The predicted molar refractivity (Wildman–Crippen MR) is 95.4 cm³/mol. The van der Waals surface area contributed by atoms with Gasteiger partial charge in [-0.05, 0) is 31.3 Å². The molecule has 1 aliphatic heterocycles. The normalized spacial score (nSPS) is 18.9. The van der Waals surface area contributed by atoms with Crippen LogP contribution in [0, 0.1) is 0 Å². The summed E-state index contributed by atoms with van der Waals surface area (Å²) < 4.78 is 0. The van der Waals surface area contributed by atoms with Gasteiger partial charge in [0, 0.05) is 6.54 Å². The van der Waals surface area contributed by atoms with E-state index in [-0.39, 0.29) is 18.9 Å². The molecule has 148 valence electrons. The summed E-state index contributed by atoms with van der Waals surface area (Å²) in [4.78, 5) is 49.1. The maximum atomic E-state index is 12.5. The van der Waals surface area contributed by atoms with Crippen molar-refractivity contribution in [3.8, 4) is 0 Å². The van der Waals surface area contributed by atoms with Gasteiger partial charge in [0.2, 0.25) is 17.7 Å². The summed E-state index contributed by atoms with van der Waals surface area (Å²) in [6.45, 7) is -0.524. The van der Waals surface area contributed by atoms with Gasteiger partial charge in [-0.25, -0.2) is 4.79 Å². The number of thioether (sulfide) groups is 1. The van der Waals surface area contributed by atoms with Crippen LogP contribution in [0.5, 0.6) is 0 Å². The highest BCUT2D eigenvalue weighted by Crippen LogP contribution is 2.17. The number of aliphatic hydroxyl groups excluding tert-OH is 1. The largest absolute Gasteiger partial charge is 0.480 e. The van der Waals surface area contributed by atoms with Crippen molar-refractivity contribution in [2.24, 2.45) is 5.73 Å². The van der Waals surface area contributed by atoms with Crippen molar-refractivity contribution in [2.45, 2.75) is 37.4 Å². The number of carbonyl (C=O) groups excluding carboxylic acids is 3. The Morgan fingerprint density at radius 3 is 2.50 bits per heavy atom. The molecule has 0 bridgehead atoms. The average molecular weight is 390 g/mol. The Labute approximate surface area is 155 Å². The van der Waals surface area contributed by atoms with E-state index in [0.29, 0.717) is 25.1 Å². The second kappa shape index (κ2) is 11.0. The van der Waals surface area contributed by atoms with Gasteiger partial charge >= 0.3 is 5.97 Å². The molecule has 1 saturated heterocycles. The van der Waals surface area contributed by atoms with E-state index in [9.17, 15) is 19.2 Å². The standard InChI is InChI=1S/C15H26N4O6S/c1-26-6-4-9(13(22)18-10(8-20)15(24)25)17-14(23)11-3-2-5-19(11)12(21)7-16/h9-11,20H,2-8,16H2,1H3,(H,17,23)(H,18,22)(H,24,25). The van der Waals surface area contributed by atoms with Crippen LogP contribution in [0.3, 0.4) is 0 Å². The molecule has 3 amide bonds. The van der Waals surface area contributed by atoms with E-state index in [2.05, 4.69) is 10.6 Å². The molecule has 11 heteroatoms. The van der Waals surface area contributed by atoms with Gasteiger partial charge in [-0.1, -0.05) is 0 Å². The summed E-state index contributed by atoms with van der Waals surface area (Å²) in [5.41, 5.74) is 5.36. The lowest BCUT2D eigenvalue weighted by atomic mass is 10.1. The summed E-state index contributed by atoms with van der Waals surface area (Å²) in [6, 6.07) is -3.10. The molecule has 1 aliphatic rings. The van der Waals surface area contributed by atoms with Gasteiger partial charge in [0.15, 0.2) is 0 Å². The molecule has 0 spiro atoms. The number of hydrogen-bond acceptors (Lipinski definition) is 7. The van der Waals surface area contributed by atoms with Crippen molar-refractivity contribution in [3.05, 3.63) is 0 Å². The van der Waals surface area contributed by atoms with Gasteiger partial charge in [0.1, 0.15) is 18.1 Å². The molecule has 10 nitrogen and oxygen atoms in total. The number of nitrogens with zero attached hydrogens (tertiary/aromatic N) is 1. The fraction of sp³-hybridized carbons (Fsp3) is 0.733. The van der Waals surface area contributed by atoms with E-state index in [1.165, 1.54) is 16.7 Å². The highest BCUT2D eigenvalue weighted by Gasteiger charge is 2.35. The molecule has 0 aliphatic carbocycles. The predicted octanol–water partition coefficient (Wildman–Crippen LogP) is -2.26. The molecular weight excluding hydrogens is 364 g/mol. The van der Waals surface area contributed by atoms with Crippen LogP contribution in [-0.4, -0.2) is 88.6 Å². The Bertz CT molecular complexity index is 532. The van der Waals surface area contributed by atoms with E-state index in [1.807, 2.05) is 6.26 Å². The first kappa shape index (κ1) is 22.2. The summed E-state index contributed by atoms with van der Waals surface area (Å²) in [6.07, 6.45) is 3.26. The first-order chi connectivity index (χ1) is 12.3. The third kappa shape index (κ3) is 6.15. The monoisotopic (exact) mass is 390 g/mol. The number of hydrogen-bond donors (Lipinski definition) is 5. The Morgan fingerprint density at radius 1 is 1.27 bits per heavy atom. The third-order valence-electron chi connectivity index (χ3n) is 4.09. The molecule has 1 rings (SSSR count). The number of nitrogens with one attached hydrogen (secondary N) is 2. The van der Waals surface area contributed by atoms with Crippen molar-refractivity contribution in [1.82, 2.24) is 15.5 Å². The van der Waals surface area contributed by atoms with Crippen LogP contribution in [0.15, 0.2) is 0 Å². The van der Waals surface area contributed by atoms with E-state index in [4.69, 9.17) is 15.9 Å². The minimum Gasteiger partial charge on any atom is -0.480 e. The lowest BCUT2D eigenvalue weighted by Gasteiger charge is -2.26. The molecular formula is C15H26N4O6S. The van der Waals surface area contributed by atoms with Gasteiger partial charge in [-0.15, -0.1) is 0 Å². The minimum atomic E-state index is -1.45. The first-order valence-corrected chi connectivity index (χ1v) is 9.68. The number of rotatable bonds is 10. The Balaban J connectivity index is 2.79. The highest BCUT2D eigenvalue weighted by atomic mass is 32.2. The van der Waals surface area contributed by atoms with Gasteiger partial charge in [0.25, 0.3) is 0 Å². The van der Waals surface area contributed by atoms with Crippen LogP contribution >= 0.6 is 11.8 Å². The summed E-state index contributed by atoms with van der Waals surface area (Å²) in [5.74, 6) is -2.30. The van der Waals surface area contributed by atoms with E-state index < -0.39 is 42.5 Å². The molecule has 6 N–H and O–H groups in total. The maximum absolute atomic E-state index is 12.5. The summed E-state index contributed by atoms with van der Waals surface area (Å²) >= 11 is 1.47. The van der Waals surface area contributed by atoms with Crippen molar-refractivity contribution in [1.29, 1.82) is 0 Å². The van der Waals surface area contributed by atoms with Gasteiger partial charge in [-0.3, -0.25) is 14.4 Å². The van der Waals surface area contributed by atoms with E-state index >= 15 is 0 Å². The number of likely N-dealkylation sites (tertiary alicyclic amines) is 1. The lowest BCUT2D eigenvalue weighted by Crippen LogP contribution is -2.56. The van der Waals surface area contributed by atoms with Gasteiger partial charge < -0.3 is 31.5 Å². The number of aliphatic hydroxyl groups is 1. The fourth-order valence-corrected chi connectivity index (χ4v) is 3.16. The second-order valence-electron chi connectivity index (χ2n) is 5.87. The number of carboxylic acid groups (broad SMARTS) is 1. The fourth-order valence-electron chi connectivity index (χ4n) is 2.69. The summed E-state index contributed by atoms with van der Waals surface area (Å²) in [5, 5.41) is 22.8. The highest BCUT2D eigenvalue weighted by molar-refractivity contribution is 7.98. The molecule has 0 aromatic rings. The molecule has 1 heterocycles. The van der Waals surface area contributed by atoms with Crippen molar-refractivity contribution >= 4 is 35.5 Å². The Hall–Kier alpha value is -1.85. The average Bonchev–Trinajstić information content (AvgIpc) is 3.11. The first-order valence-electron chi connectivity index (χ1n) is 8.28. The molecule has 26 heavy (non-hydrogen) atoms. The smallest absolute Gasteiger partial charge is 0.328 e. The molecule has 0 aromatic heterocycles. The Kier molecular flexibility index (Phi) is 9.38.